The summed E-state index contributed by atoms with van der Waals surface area (Å²) in [5.41, 5.74) is 1.70. The van der Waals surface area contributed by atoms with Crippen LogP contribution in [0, 0.1) is 5.82 Å². The van der Waals surface area contributed by atoms with Crippen molar-refractivity contribution in [3.05, 3.63) is 71.7 Å². The van der Waals surface area contributed by atoms with Crippen molar-refractivity contribution >= 4 is 29.0 Å². The monoisotopic (exact) mass is 580 g/mol. The number of likely N-dealkylation sites (tertiary alicyclic amines) is 2. The molecule has 42 heavy (non-hydrogen) atoms. The molecule has 5 atom stereocenters. The van der Waals surface area contributed by atoms with E-state index >= 15 is 0 Å². The second-order valence-corrected chi connectivity index (χ2v) is 12.0. The highest BCUT2D eigenvalue weighted by atomic mass is 19.1. The number of benzene rings is 2. The SMILES string of the molecule is C[C@@H](OC(C)(C)C)[C@H](NC(=O)O)C(=O)N1CC[C@@H]2[C@H]1[C@@H](c1c[nH]c3cc(F)ccc13)CN2C(=O)OCc1ccccc1. The van der Waals surface area contributed by atoms with Crippen LogP contribution >= 0.6 is 0 Å². The van der Waals surface area contributed by atoms with Crippen molar-refractivity contribution in [2.75, 3.05) is 13.1 Å². The number of carbonyl (C=O) groups excluding carboxylic acids is 2. The van der Waals surface area contributed by atoms with Crippen molar-refractivity contribution in [3.63, 3.8) is 0 Å². The number of nitrogens with one attached hydrogen (secondary N) is 2. The molecule has 2 fully saturated rings. The van der Waals surface area contributed by atoms with Crippen molar-refractivity contribution in [1.29, 1.82) is 0 Å². The molecule has 0 saturated carbocycles. The quantitative estimate of drug-likeness (QED) is 0.367. The molecule has 11 heteroatoms. The number of aromatic amines is 1. The molecular formula is C31H37FN4O6. The number of ether oxygens (including phenoxy) is 2. The molecular weight excluding hydrogens is 543 g/mol. The highest BCUT2D eigenvalue weighted by Gasteiger charge is 2.54. The Kier molecular flexibility index (Phi) is 8.14. The minimum Gasteiger partial charge on any atom is -0.465 e. The van der Waals surface area contributed by atoms with E-state index in [4.69, 9.17) is 9.47 Å². The number of rotatable bonds is 7. The normalized spacial score (nSPS) is 21.7. The van der Waals surface area contributed by atoms with Gasteiger partial charge in [0.15, 0.2) is 0 Å². The topological polar surface area (TPSA) is 124 Å². The van der Waals surface area contributed by atoms with E-state index in [1.54, 1.807) is 29.0 Å². The minimum absolute atomic E-state index is 0.111. The molecule has 0 radical (unpaired) electrons. The Labute approximate surface area is 243 Å². The molecule has 0 spiro atoms. The summed E-state index contributed by atoms with van der Waals surface area (Å²) in [5, 5.41) is 12.7. The summed E-state index contributed by atoms with van der Waals surface area (Å²) < 4.78 is 25.7. The van der Waals surface area contributed by atoms with Crippen molar-refractivity contribution in [2.24, 2.45) is 0 Å². The average molecular weight is 581 g/mol. The third-order valence-corrected chi connectivity index (χ3v) is 7.98. The first-order valence-electron chi connectivity index (χ1n) is 14.1. The van der Waals surface area contributed by atoms with Crippen molar-refractivity contribution < 1.29 is 33.4 Å². The number of carboxylic acid groups (broad SMARTS) is 1. The van der Waals surface area contributed by atoms with Gasteiger partial charge >= 0.3 is 12.2 Å². The number of amides is 3. The van der Waals surface area contributed by atoms with Gasteiger partial charge in [-0.1, -0.05) is 30.3 Å². The molecule has 2 saturated heterocycles. The third kappa shape index (κ3) is 6.06. The molecule has 3 heterocycles. The van der Waals surface area contributed by atoms with E-state index in [9.17, 15) is 23.9 Å². The van der Waals surface area contributed by atoms with Crippen LogP contribution in [0.3, 0.4) is 0 Å². The van der Waals surface area contributed by atoms with E-state index in [1.807, 2.05) is 51.1 Å². The Hall–Kier alpha value is -4.12. The fraction of sp³-hybridized carbons (Fsp3) is 0.452. The van der Waals surface area contributed by atoms with Gasteiger partial charge in [-0.25, -0.2) is 14.0 Å². The van der Waals surface area contributed by atoms with Crippen molar-refractivity contribution in [1.82, 2.24) is 20.1 Å². The number of nitrogens with zero attached hydrogens (tertiary/aromatic N) is 2. The number of hydrogen-bond donors (Lipinski definition) is 3. The Morgan fingerprint density at radius 3 is 2.57 bits per heavy atom. The average Bonchev–Trinajstić information content (AvgIpc) is 3.63. The van der Waals surface area contributed by atoms with Crippen molar-refractivity contribution in [2.45, 2.75) is 76.5 Å². The smallest absolute Gasteiger partial charge is 0.410 e. The van der Waals surface area contributed by atoms with Gasteiger partial charge in [-0.05, 0) is 63.4 Å². The molecule has 2 aromatic carbocycles. The zero-order valence-corrected chi connectivity index (χ0v) is 24.2. The fourth-order valence-electron chi connectivity index (χ4n) is 6.38. The van der Waals surface area contributed by atoms with E-state index in [0.29, 0.717) is 18.5 Å². The van der Waals surface area contributed by atoms with Crippen LogP contribution in [-0.4, -0.2) is 80.9 Å². The summed E-state index contributed by atoms with van der Waals surface area (Å²) >= 11 is 0. The Balaban J connectivity index is 1.47. The first kappa shape index (κ1) is 29.4. The van der Waals surface area contributed by atoms with Crippen LogP contribution in [-0.2, 0) is 20.9 Å². The van der Waals surface area contributed by atoms with E-state index in [0.717, 1.165) is 16.5 Å². The van der Waals surface area contributed by atoms with Gasteiger partial charge in [0, 0.05) is 36.1 Å². The zero-order valence-electron chi connectivity index (χ0n) is 24.2. The standard InChI is InChI=1S/C31H37FN4O6/c1-18(42-31(2,3)4)26(34-29(38)39)28(37)35-13-12-25-27(35)23(22-15-33-24-14-20(32)10-11-21(22)24)16-36(25)30(40)41-17-19-8-6-5-7-9-19/h5-11,14-15,18,23,25-27,33-34H,12-13,16-17H2,1-4H3,(H,38,39)/t18-,23-,25-,26+,27-/m1/s1. The van der Waals surface area contributed by atoms with Gasteiger partial charge in [0.05, 0.1) is 23.8 Å². The molecule has 0 aliphatic carbocycles. The summed E-state index contributed by atoms with van der Waals surface area (Å²) in [7, 11) is 0. The molecule has 5 rings (SSSR count). The fourth-order valence-corrected chi connectivity index (χ4v) is 6.38. The van der Waals surface area contributed by atoms with Gasteiger partial charge in [0.25, 0.3) is 0 Å². The number of aromatic nitrogens is 1. The van der Waals surface area contributed by atoms with Crippen LogP contribution in [0.5, 0.6) is 0 Å². The van der Waals surface area contributed by atoms with Crippen LogP contribution in [0.4, 0.5) is 14.0 Å². The molecule has 10 nitrogen and oxygen atoms in total. The summed E-state index contributed by atoms with van der Waals surface area (Å²) in [4.78, 5) is 45.7. The van der Waals surface area contributed by atoms with Crippen LogP contribution < -0.4 is 5.32 Å². The third-order valence-electron chi connectivity index (χ3n) is 7.98. The predicted octanol–water partition coefficient (Wildman–Crippen LogP) is 4.85. The number of fused-ring (bicyclic) bond motifs is 2. The predicted molar refractivity (Wildman–Crippen MR) is 153 cm³/mol. The summed E-state index contributed by atoms with van der Waals surface area (Å²) in [6.07, 6.45) is -0.277. The van der Waals surface area contributed by atoms with Crippen molar-refractivity contribution in [3.8, 4) is 0 Å². The maximum atomic E-state index is 14.1. The Morgan fingerprint density at radius 1 is 1.14 bits per heavy atom. The molecule has 2 aliphatic heterocycles. The summed E-state index contributed by atoms with van der Waals surface area (Å²) in [5.74, 6) is -1.12. The van der Waals surface area contributed by atoms with E-state index in [2.05, 4.69) is 10.3 Å². The molecule has 3 N–H and O–H groups in total. The maximum absolute atomic E-state index is 14.1. The minimum atomic E-state index is -1.33. The lowest BCUT2D eigenvalue weighted by Crippen LogP contribution is -2.57. The second-order valence-electron chi connectivity index (χ2n) is 12.0. The highest BCUT2D eigenvalue weighted by molar-refractivity contribution is 5.88. The summed E-state index contributed by atoms with van der Waals surface area (Å²) in [6.45, 7) is 7.90. The molecule has 0 unspecified atom stereocenters. The Bertz CT molecular complexity index is 1450. The van der Waals surface area contributed by atoms with Crippen LogP contribution in [0.25, 0.3) is 10.9 Å². The number of H-pyrrole nitrogens is 1. The van der Waals surface area contributed by atoms with Gasteiger partial charge in [0.2, 0.25) is 5.91 Å². The van der Waals surface area contributed by atoms with Gasteiger partial charge in [-0.3, -0.25) is 4.79 Å². The molecule has 3 amide bonds. The zero-order chi connectivity index (χ0) is 30.2. The van der Waals surface area contributed by atoms with Crippen LogP contribution in [0.15, 0.2) is 54.7 Å². The highest BCUT2D eigenvalue weighted by Crippen LogP contribution is 2.43. The second kappa shape index (κ2) is 11.6. The molecule has 1 aromatic heterocycles. The van der Waals surface area contributed by atoms with Crippen LogP contribution in [0.1, 0.15) is 51.2 Å². The number of halogens is 1. The van der Waals surface area contributed by atoms with Gasteiger partial charge in [-0.15, -0.1) is 0 Å². The van der Waals surface area contributed by atoms with Gasteiger partial charge in [-0.2, -0.15) is 0 Å². The van der Waals surface area contributed by atoms with Gasteiger partial charge in [0.1, 0.15) is 18.5 Å². The number of hydrogen-bond acceptors (Lipinski definition) is 5. The first-order valence-corrected chi connectivity index (χ1v) is 14.1. The van der Waals surface area contributed by atoms with E-state index in [1.165, 1.54) is 12.1 Å². The maximum Gasteiger partial charge on any atom is 0.410 e. The molecule has 224 valence electrons. The molecule has 3 aromatic rings. The lowest BCUT2D eigenvalue weighted by molar-refractivity contribution is -0.142. The molecule has 0 bridgehead atoms. The summed E-state index contributed by atoms with van der Waals surface area (Å²) in [6, 6.07) is 11.9. The van der Waals surface area contributed by atoms with Gasteiger partial charge < -0.3 is 34.7 Å². The van der Waals surface area contributed by atoms with E-state index < -0.39 is 41.9 Å². The number of carbonyl (C=O) groups is 3. The molecule has 2 aliphatic rings. The van der Waals surface area contributed by atoms with E-state index in [-0.39, 0.29) is 30.9 Å². The lowest BCUT2D eigenvalue weighted by atomic mass is 9.91. The first-order chi connectivity index (χ1) is 19.9. The lowest BCUT2D eigenvalue weighted by Gasteiger charge is -2.35. The largest absolute Gasteiger partial charge is 0.465 e. The Morgan fingerprint density at radius 2 is 1.88 bits per heavy atom. The van der Waals surface area contributed by atoms with Crippen LogP contribution in [0.2, 0.25) is 0 Å².